The van der Waals surface area contributed by atoms with E-state index < -0.39 is 5.82 Å². The van der Waals surface area contributed by atoms with Gasteiger partial charge in [-0.25, -0.2) is 4.39 Å². The second-order valence-corrected chi connectivity index (χ2v) is 5.98. The second-order valence-electron chi connectivity index (χ2n) is 5.98. The van der Waals surface area contributed by atoms with Crippen molar-refractivity contribution in [2.24, 2.45) is 0 Å². The van der Waals surface area contributed by atoms with Gasteiger partial charge in [-0.3, -0.25) is 19.9 Å². The Morgan fingerprint density at radius 3 is 2.75 bits per heavy atom. The normalized spacial score (nSPS) is 15.8. The number of aromatic amines is 1. The molecule has 1 fully saturated rings. The van der Waals surface area contributed by atoms with Crippen molar-refractivity contribution in [1.82, 2.24) is 25.1 Å². The third kappa shape index (κ3) is 2.62. The number of benzene rings is 1. The van der Waals surface area contributed by atoms with Crippen LogP contribution in [0.3, 0.4) is 0 Å². The summed E-state index contributed by atoms with van der Waals surface area (Å²) in [5, 5.41) is 6.81. The van der Waals surface area contributed by atoms with E-state index >= 15 is 0 Å². The van der Waals surface area contributed by atoms with Crippen LogP contribution >= 0.6 is 0 Å². The lowest BCUT2D eigenvalue weighted by Gasteiger charge is -2.31. The Hall–Kier alpha value is -2.83. The van der Waals surface area contributed by atoms with Gasteiger partial charge in [-0.15, -0.1) is 0 Å². The summed E-state index contributed by atoms with van der Waals surface area (Å²) in [6.07, 6.45) is 8.47. The summed E-state index contributed by atoms with van der Waals surface area (Å²) in [7, 11) is 0. The number of nitrogens with one attached hydrogen (secondary N) is 1. The van der Waals surface area contributed by atoms with E-state index in [0.717, 1.165) is 12.8 Å². The first kappa shape index (κ1) is 14.7. The fraction of sp³-hybridized carbons (Fsp3) is 0.294. The average molecular weight is 325 g/mol. The summed E-state index contributed by atoms with van der Waals surface area (Å²) in [6, 6.07) is 2.55. The number of carbonyl (C=O) groups excluding carboxylic acids is 1. The zero-order chi connectivity index (χ0) is 16.5. The summed E-state index contributed by atoms with van der Waals surface area (Å²) < 4.78 is 13.8. The van der Waals surface area contributed by atoms with E-state index in [1.165, 1.54) is 30.1 Å². The zero-order valence-corrected chi connectivity index (χ0v) is 12.9. The predicted octanol–water partition coefficient (Wildman–Crippen LogP) is 2.51. The third-order valence-corrected chi connectivity index (χ3v) is 4.54. The molecule has 1 amide bonds. The minimum Gasteiger partial charge on any atom is -0.339 e. The van der Waals surface area contributed by atoms with Crippen LogP contribution in [0, 0.1) is 5.82 Å². The molecule has 1 N–H and O–H groups in total. The molecule has 3 heterocycles. The summed E-state index contributed by atoms with van der Waals surface area (Å²) in [5.74, 6) is -0.262. The molecule has 1 aliphatic rings. The average Bonchev–Trinajstić information content (AvgIpc) is 3.15. The van der Waals surface area contributed by atoms with Crippen LogP contribution in [0.15, 0.2) is 36.9 Å². The fourth-order valence-corrected chi connectivity index (χ4v) is 3.27. The Labute approximate surface area is 137 Å². The number of nitrogens with zero attached hydrogens (tertiary/aromatic N) is 4. The summed E-state index contributed by atoms with van der Waals surface area (Å²) in [5.41, 5.74) is 2.29. The van der Waals surface area contributed by atoms with Crippen molar-refractivity contribution in [1.29, 1.82) is 0 Å². The highest BCUT2D eigenvalue weighted by Crippen LogP contribution is 2.28. The van der Waals surface area contributed by atoms with Crippen molar-refractivity contribution in [3.05, 3.63) is 53.9 Å². The number of piperidine rings is 1. The number of aromatic nitrogens is 4. The number of likely N-dealkylation sites (tertiary alicyclic amines) is 1. The lowest BCUT2D eigenvalue weighted by atomic mass is 9.91. The SMILES string of the molecule is O=C(c1cc(F)cc2nccnc12)N1CCC(c2cn[nH]c2)CC1. The number of halogens is 1. The molecule has 2 aromatic heterocycles. The molecule has 3 aromatic rings. The molecule has 4 rings (SSSR count). The number of H-pyrrole nitrogens is 1. The fourth-order valence-electron chi connectivity index (χ4n) is 3.27. The van der Waals surface area contributed by atoms with Crippen molar-refractivity contribution in [2.75, 3.05) is 13.1 Å². The van der Waals surface area contributed by atoms with Gasteiger partial charge in [0.1, 0.15) is 11.3 Å². The molecule has 0 bridgehead atoms. The van der Waals surface area contributed by atoms with Crippen LogP contribution < -0.4 is 0 Å². The molecule has 0 saturated carbocycles. The topological polar surface area (TPSA) is 74.8 Å². The van der Waals surface area contributed by atoms with Gasteiger partial charge in [-0.05, 0) is 30.4 Å². The highest BCUT2D eigenvalue weighted by molar-refractivity contribution is 6.04. The van der Waals surface area contributed by atoms with E-state index in [1.54, 1.807) is 4.90 Å². The molecule has 0 unspecified atom stereocenters. The number of hydrogen-bond donors (Lipinski definition) is 1. The Morgan fingerprint density at radius 1 is 1.21 bits per heavy atom. The largest absolute Gasteiger partial charge is 0.339 e. The molecule has 1 aromatic carbocycles. The number of amides is 1. The van der Waals surface area contributed by atoms with Gasteiger partial charge in [0.2, 0.25) is 0 Å². The molecular weight excluding hydrogens is 309 g/mol. The van der Waals surface area contributed by atoms with E-state index in [9.17, 15) is 9.18 Å². The van der Waals surface area contributed by atoms with Crippen LogP contribution in [0.2, 0.25) is 0 Å². The van der Waals surface area contributed by atoms with Crippen molar-refractivity contribution >= 4 is 16.9 Å². The van der Waals surface area contributed by atoms with Gasteiger partial charge in [-0.2, -0.15) is 5.10 Å². The van der Waals surface area contributed by atoms with Crippen molar-refractivity contribution in [2.45, 2.75) is 18.8 Å². The Bertz CT molecular complexity index is 872. The Morgan fingerprint density at radius 2 is 2.00 bits per heavy atom. The quantitative estimate of drug-likeness (QED) is 0.785. The van der Waals surface area contributed by atoms with Crippen LogP contribution in [0.4, 0.5) is 4.39 Å². The maximum Gasteiger partial charge on any atom is 0.256 e. The molecule has 7 heteroatoms. The highest BCUT2D eigenvalue weighted by Gasteiger charge is 2.26. The molecule has 122 valence electrons. The van der Waals surface area contributed by atoms with Crippen LogP contribution in [0.5, 0.6) is 0 Å². The Kier molecular flexibility index (Phi) is 3.68. The second kappa shape index (κ2) is 5.99. The monoisotopic (exact) mass is 325 g/mol. The summed E-state index contributed by atoms with van der Waals surface area (Å²) in [6.45, 7) is 1.26. The standard InChI is InChI=1S/C17H16FN5O/c18-13-7-14(16-15(8-13)19-3-4-20-16)17(24)23-5-1-11(2-6-23)12-9-21-22-10-12/h3-4,7-11H,1-2,5-6H2,(H,21,22). The van der Waals surface area contributed by atoms with Gasteiger partial charge in [0.25, 0.3) is 5.91 Å². The van der Waals surface area contributed by atoms with E-state index in [2.05, 4.69) is 20.2 Å². The smallest absolute Gasteiger partial charge is 0.256 e. The van der Waals surface area contributed by atoms with Gasteiger partial charge in [0, 0.05) is 37.7 Å². The number of carbonyl (C=O) groups is 1. The molecule has 0 aliphatic carbocycles. The molecule has 1 aliphatic heterocycles. The molecular formula is C17H16FN5O. The molecule has 0 spiro atoms. The predicted molar refractivity (Wildman–Crippen MR) is 86.0 cm³/mol. The van der Waals surface area contributed by atoms with Gasteiger partial charge >= 0.3 is 0 Å². The van der Waals surface area contributed by atoms with E-state index in [0.29, 0.717) is 30.0 Å². The van der Waals surface area contributed by atoms with Gasteiger partial charge < -0.3 is 4.90 Å². The summed E-state index contributed by atoms with van der Waals surface area (Å²) in [4.78, 5) is 22.9. The maximum absolute atomic E-state index is 13.8. The van der Waals surface area contributed by atoms with Crippen molar-refractivity contribution in [3.8, 4) is 0 Å². The minimum absolute atomic E-state index is 0.189. The molecule has 0 radical (unpaired) electrons. The summed E-state index contributed by atoms with van der Waals surface area (Å²) >= 11 is 0. The van der Waals surface area contributed by atoms with Crippen LogP contribution in [0.1, 0.15) is 34.7 Å². The number of fused-ring (bicyclic) bond motifs is 1. The zero-order valence-electron chi connectivity index (χ0n) is 12.9. The first-order valence-corrected chi connectivity index (χ1v) is 7.90. The molecule has 0 atom stereocenters. The first-order chi connectivity index (χ1) is 11.7. The first-order valence-electron chi connectivity index (χ1n) is 7.90. The lowest BCUT2D eigenvalue weighted by molar-refractivity contribution is 0.0714. The van der Waals surface area contributed by atoms with Gasteiger partial charge in [0.05, 0.1) is 17.3 Å². The van der Waals surface area contributed by atoms with Crippen molar-refractivity contribution < 1.29 is 9.18 Å². The third-order valence-electron chi connectivity index (χ3n) is 4.54. The van der Waals surface area contributed by atoms with Gasteiger partial charge in [0.15, 0.2) is 0 Å². The lowest BCUT2D eigenvalue weighted by Crippen LogP contribution is -2.38. The molecule has 24 heavy (non-hydrogen) atoms. The van der Waals surface area contributed by atoms with Crippen LogP contribution in [0.25, 0.3) is 11.0 Å². The van der Waals surface area contributed by atoms with E-state index in [1.807, 2.05) is 12.4 Å². The number of rotatable bonds is 2. The van der Waals surface area contributed by atoms with Gasteiger partial charge in [-0.1, -0.05) is 0 Å². The maximum atomic E-state index is 13.8. The van der Waals surface area contributed by atoms with E-state index in [4.69, 9.17) is 0 Å². The van der Waals surface area contributed by atoms with Crippen LogP contribution in [-0.4, -0.2) is 44.1 Å². The van der Waals surface area contributed by atoms with Crippen LogP contribution in [-0.2, 0) is 0 Å². The molecule has 6 nitrogen and oxygen atoms in total. The highest BCUT2D eigenvalue weighted by atomic mass is 19.1. The van der Waals surface area contributed by atoms with Crippen molar-refractivity contribution in [3.63, 3.8) is 0 Å². The van der Waals surface area contributed by atoms with E-state index in [-0.39, 0.29) is 11.5 Å². The number of hydrogen-bond acceptors (Lipinski definition) is 4. The Balaban J connectivity index is 1.57. The molecule has 1 saturated heterocycles. The minimum atomic E-state index is -0.473.